The number of nitrogens with zero attached hydrogens (tertiary/aromatic N) is 2. The fourth-order valence-corrected chi connectivity index (χ4v) is 2.43. The van der Waals surface area contributed by atoms with Gasteiger partial charge in [-0.05, 0) is 24.6 Å². The lowest BCUT2D eigenvalue weighted by atomic mass is 10.1. The van der Waals surface area contributed by atoms with Crippen LogP contribution in [0.15, 0.2) is 54.6 Å². The molecule has 1 atom stereocenters. The van der Waals surface area contributed by atoms with Gasteiger partial charge in [0, 0.05) is 11.8 Å². The minimum Gasteiger partial charge on any atom is -0.497 e. The predicted octanol–water partition coefficient (Wildman–Crippen LogP) is 3.03. The minimum absolute atomic E-state index is 0.357. The van der Waals surface area contributed by atoms with E-state index in [1.165, 1.54) is 0 Å². The Labute approximate surface area is 145 Å². The van der Waals surface area contributed by atoms with E-state index >= 15 is 0 Å². The van der Waals surface area contributed by atoms with E-state index in [1.807, 2.05) is 49.4 Å². The SMILES string of the molecule is COc1cccc(NC(=O)NC(c2ccccc2)c2n[nH]c(C)n2)c1. The molecule has 0 saturated heterocycles. The van der Waals surface area contributed by atoms with E-state index < -0.39 is 6.04 Å². The van der Waals surface area contributed by atoms with Crippen LogP contribution in [0.1, 0.15) is 23.3 Å². The summed E-state index contributed by atoms with van der Waals surface area (Å²) in [7, 11) is 1.58. The van der Waals surface area contributed by atoms with Crippen LogP contribution < -0.4 is 15.4 Å². The molecule has 128 valence electrons. The Bertz CT molecular complexity index is 847. The quantitative estimate of drug-likeness (QED) is 0.667. The maximum absolute atomic E-state index is 12.4. The third kappa shape index (κ3) is 4.14. The zero-order valence-electron chi connectivity index (χ0n) is 14.0. The minimum atomic E-state index is -0.461. The second-order valence-corrected chi connectivity index (χ2v) is 5.45. The molecule has 1 heterocycles. The third-order valence-corrected chi connectivity index (χ3v) is 3.61. The molecule has 0 aliphatic carbocycles. The average Bonchev–Trinajstić information content (AvgIpc) is 3.06. The number of anilines is 1. The van der Waals surface area contributed by atoms with E-state index in [4.69, 9.17) is 4.74 Å². The topological polar surface area (TPSA) is 91.9 Å². The second-order valence-electron chi connectivity index (χ2n) is 5.45. The van der Waals surface area contributed by atoms with E-state index in [1.54, 1.807) is 19.2 Å². The summed E-state index contributed by atoms with van der Waals surface area (Å²) in [6.45, 7) is 1.81. The summed E-state index contributed by atoms with van der Waals surface area (Å²) in [4.78, 5) is 16.8. The molecule has 0 radical (unpaired) electrons. The van der Waals surface area contributed by atoms with Crippen molar-refractivity contribution in [3.63, 3.8) is 0 Å². The van der Waals surface area contributed by atoms with Gasteiger partial charge < -0.3 is 15.4 Å². The number of hydrogen-bond donors (Lipinski definition) is 3. The highest BCUT2D eigenvalue weighted by Gasteiger charge is 2.20. The first-order chi connectivity index (χ1) is 12.2. The number of aromatic amines is 1. The van der Waals surface area contributed by atoms with Crippen LogP contribution in [0.5, 0.6) is 5.75 Å². The van der Waals surface area contributed by atoms with Crippen LogP contribution >= 0.6 is 0 Å². The summed E-state index contributed by atoms with van der Waals surface area (Å²) in [6, 6.07) is 15.9. The highest BCUT2D eigenvalue weighted by Crippen LogP contribution is 2.20. The van der Waals surface area contributed by atoms with Crippen LogP contribution in [0.3, 0.4) is 0 Å². The standard InChI is InChI=1S/C18H19N5O2/c1-12-19-17(23-22-12)16(13-7-4-3-5-8-13)21-18(24)20-14-9-6-10-15(11-14)25-2/h3-11,16H,1-2H3,(H,19,22,23)(H2,20,21,24). The molecule has 25 heavy (non-hydrogen) atoms. The molecule has 2 aromatic carbocycles. The Hall–Kier alpha value is -3.35. The Kier molecular flexibility index (Phi) is 4.94. The number of ether oxygens (including phenoxy) is 1. The predicted molar refractivity (Wildman–Crippen MR) is 94.6 cm³/mol. The molecule has 2 amide bonds. The number of methoxy groups -OCH3 is 1. The number of carbonyl (C=O) groups is 1. The summed E-state index contributed by atoms with van der Waals surface area (Å²) < 4.78 is 5.16. The Morgan fingerprint density at radius 2 is 1.96 bits per heavy atom. The van der Waals surface area contributed by atoms with E-state index in [0.717, 1.165) is 5.56 Å². The first-order valence-corrected chi connectivity index (χ1v) is 7.81. The van der Waals surface area contributed by atoms with Crippen LogP contribution in [0.2, 0.25) is 0 Å². The lowest BCUT2D eigenvalue weighted by Crippen LogP contribution is -2.33. The molecule has 3 rings (SSSR count). The number of carbonyl (C=O) groups excluding carboxylic acids is 1. The lowest BCUT2D eigenvalue weighted by molar-refractivity contribution is 0.249. The maximum atomic E-state index is 12.4. The summed E-state index contributed by atoms with van der Waals surface area (Å²) in [6.07, 6.45) is 0. The van der Waals surface area contributed by atoms with Gasteiger partial charge in [-0.3, -0.25) is 5.10 Å². The first-order valence-electron chi connectivity index (χ1n) is 7.81. The second kappa shape index (κ2) is 7.48. The van der Waals surface area contributed by atoms with Gasteiger partial charge in [-0.1, -0.05) is 36.4 Å². The van der Waals surface area contributed by atoms with Crippen molar-refractivity contribution in [2.24, 2.45) is 0 Å². The number of benzene rings is 2. The number of nitrogens with one attached hydrogen (secondary N) is 3. The van der Waals surface area contributed by atoms with E-state index in [2.05, 4.69) is 25.8 Å². The smallest absolute Gasteiger partial charge is 0.320 e. The van der Waals surface area contributed by atoms with Crippen molar-refractivity contribution < 1.29 is 9.53 Å². The van der Waals surface area contributed by atoms with Crippen LogP contribution in [0, 0.1) is 6.92 Å². The monoisotopic (exact) mass is 337 g/mol. The van der Waals surface area contributed by atoms with Gasteiger partial charge in [-0.25, -0.2) is 9.78 Å². The molecule has 0 aliphatic rings. The number of rotatable bonds is 5. The van der Waals surface area contributed by atoms with Gasteiger partial charge >= 0.3 is 6.03 Å². The molecule has 7 heteroatoms. The molecule has 1 unspecified atom stereocenters. The van der Waals surface area contributed by atoms with Gasteiger partial charge in [0.1, 0.15) is 17.6 Å². The summed E-state index contributed by atoms with van der Waals surface area (Å²) in [5.41, 5.74) is 1.53. The third-order valence-electron chi connectivity index (χ3n) is 3.61. The Morgan fingerprint density at radius 1 is 1.16 bits per heavy atom. The van der Waals surface area contributed by atoms with E-state index in [9.17, 15) is 4.79 Å². The van der Waals surface area contributed by atoms with E-state index in [-0.39, 0.29) is 6.03 Å². The van der Waals surface area contributed by atoms with Crippen molar-refractivity contribution in [2.75, 3.05) is 12.4 Å². The number of aromatic nitrogens is 3. The van der Waals surface area contributed by atoms with E-state index in [0.29, 0.717) is 23.1 Å². The molecule has 0 spiro atoms. The summed E-state index contributed by atoms with van der Waals surface area (Å²) in [5, 5.41) is 12.7. The normalized spacial score (nSPS) is 11.6. The van der Waals surface area contributed by atoms with Gasteiger partial charge in [0.2, 0.25) is 0 Å². The summed E-state index contributed by atoms with van der Waals surface area (Å²) >= 11 is 0. The molecule has 3 N–H and O–H groups in total. The molecule has 0 aliphatic heterocycles. The number of H-pyrrole nitrogens is 1. The number of hydrogen-bond acceptors (Lipinski definition) is 4. The number of aryl methyl sites for hydroxylation is 1. The maximum Gasteiger partial charge on any atom is 0.320 e. The molecular formula is C18H19N5O2. The van der Waals surface area contributed by atoms with Gasteiger partial charge in [-0.2, -0.15) is 5.10 Å². The number of urea groups is 1. The highest BCUT2D eigenvalue weighted by atomic mass is 16.5. The van der Waals surface area contributed by atoms with Crippen LogP contribution in [0.4, 0.5) is 10.5 Å². The fraction of sp³-hybridized carbons (Fsp3) is 0.167. The molecule has 0 saturated carbocycles. The van der Waals surface area contributed by atoms with Crippen LogP contribution in [0.25, 0.3) is 0 Å². The molecular weight excluding hydrogens is 318 g/mol. The van der Waals surface area contributed by atoms with Crippen molar-refractivity contribution in [3.8, 4) is 5.75 Å². The van der Waals surface area contributed by atoms with Gasteiger partial charge in [0.05, 0.1) is 7.11 Å². The van der Waals surface area contributed by atoms with Crippen molar-refractivity contribution in [2.45, 2.75) is 13.0 Å². The van der Waals surface area contributed by atoms with Gasteiger partial charge in [-0.15, -0.1) is 0 Å². The van der Waals surface area contributed by atoms with Crippen molar-refractivity contribution in [1.82, 2.24) is 20.5 Å². The van der Waals surface area contributed by atoms with Crippen molar-refractivity contribution >= 4 is 11.7 Å². The van der Waals surface area contributed by atoms with Gasteiger partial charge in [0.25, 0.3) is 0 Å². The zero-order valence-corrected chi connectivity index (χ0v) is 14.0. The molecule has 0 bridgehead atoms. The Morgan fingerprint density at radius 3 is 2.64 bits per heavy atom. The average molecular weight is 337 g/mol. The Balaban J connectivity index is 1.79. The molecule has 1 aromatic heterocycles. The molecule has 3 aromatic rings. The zero-order chi connectivity index (χ0) is 17.6. The highest BCUT2D eigenvalue weighted by molar-refractivity contribution is 5.89. The summed E-state index contributed by atoms with van der Waals surface area (Å²) in [5.74, 6) is 1.86. The van der Waals surface area contributed by atoms with Crippen LogP contribution in [-0.4, -0.2) is 28.3 Å². The molecule has 0 fully saturated rings. The number of amides is 2. The van der Waals surface area contributed by atoms with Gasteiger partial charge in [0.15, 0.2) is 5.82 Å². The van der Waals surface area contributed by atoms with Crippen molar-refractivity contribution in [3.05, 3.63) is 71.8 Å². The lowest BCUT2D eigenvalue weighted by Gasteiger charge is -2.17. The molecule has 7 nitrogen and oxygen atoms in total. The first kappa shape index (κ1) is 16.5. The largest absolute Gasteiger partial charge is 0.497 e. The fourth-order valence-electron chi connectivity index (χ4n) is 2.43. The van der Waals surface area contributed by atoms with Crippen molar-refractivity contribution in [1.29, 1.82) is 0 Å². The van der Waals surface area contributed by atoms with Crippen LogP contribution in [-0.2, 0) is 0 Å².